The molecular weight excluding hydrogens is 258 g/mol. The van der Waals surface area contributed by atoms with Gasteiger partial charge in [0, 0.05) is 18.3 Å². The van der Waals surface area contributed by atoms with E-state index in [2.05, 4.69) is 10.00 Å². The van der Waals surface area contributed by atoms with E-state index in [-0.39, 0.29) is 6.61 Å². The van der Waals surface area contributed by atoms with Gasteiger partial charge in [0.05, 0.1) is 19.3 Å². The third-order valence-corrected chi connectivity index (χ3v) is 4.07. The quantitative estimate of drug-likeness (QED) is 0.782. The van der Waals surface area contributed by atoms with Crippen molar-refractivity contribution in [3.8, 4) is 0 Å². The number of likely N-dealkylation sites (tertiary alicyclic amines) is 1. The predicted octanol–water partition coefficient (Wildman–Crippen LogP) is 1.09. The summed E-state index contributed by atoms with van der Waals surface area (Å²) in [6.45, 7) is 3.98. The van der Waals surface area contributed by atoms with Crippen LogP contribution in [0.1, 0.15) is 38.2 Å². The molecule has 0 aromatic carbocycles. The van der Waals surface area contributed by atoms with Crippen LogP contribution in [0.15, 0.2) is 12.4 Å². The zero-order chi connectivity index (χ0) is 14.6. The number of aliphatic hydroxyl groups is 1. The van der Waals surface area contributed by atoms with Crippen LogP contribution >= 0.6 is 0 Å². The number of aliphatic carboxylic acids is 1. The van der Waals surface area contributed by atoms with E-state index >= 15 is 0 Å². The molecule has 0 spiro atoms. The van der Waals surface area contributed by atoms with E-state index < -0.39 is 11.5 Å². The summed E-state index contributed by atoms with van der Waals surface area (Å²) < 4.78 is 1.69. The number of aromatic nitrogens is 2. The van der Waals surface area contributed by atoms with Crippen molar-refractivity contribution in [3.63, 3.8) is 0 Å². The summed E-state index contributed by atoms with van der Waals surface area (Å²) in [5.74, 6) is -0.709. The Morgan fingerprint density at radius 1 is 1.55 bits per heavy atom. The Bertz CT molecular complexity index is 460. The van der Waals surface area contributed by atoms with Crippen LogP contribution in [0.4, 0.5) is 0 Å². The van der Waals surface area contributed by atoms with Gasteiger partial charge in [-0.05, 0) is 25.8 Å². The van der Waals surface area contributed by atoms with Crippen LogP contribution in [0.5, 0.6) is 0 Å². The summed E-state index contributed by atoms with van der Waals surface area (Å²) in [7, 11) is 0. The van der Waals surface area contributed by atoms with Gasteiger partial charge in [0.15, 0.2) is 0 Å². The van der Waals surface area contributed by atoms with E-state index in [9.17, 15) is 9.90 Å². The zero-order valence-electron chi connectivity index (χ0n) is 12.0. The number of rotatable bonds is 7. The fourth-order valence-corrected chi connectivity index (χ4v) is 3.14. The highest BCUT2D eigenvalue weighted by atomic mass is 16.4. The lowest BCUT2D eigenvalue weighted by Gasteiger charge is -2.34. The molecule has 1 saturated heterocycles. The Morgan fingerprint density at radius 3 is 3.00 bits per heavy atom. The fourth-order valence-electron chi connectivity index (χ4n) is 3.14. The molecule has 1 aromatic heterocycles. The van der Waals surface area contributed by atoms with Crippen LogP contribution in [0.25, 0.3) is 0 Å². The minimum absolute atomic E-state index is 0.0553. The minimum atomic E-state index is -0.714. The Kier molecular flexibility index (Phi) is 4.77. The molecule has 0 aliphatic carbocycles. The van der Waals surface area contributed by atoms with Gasteiger partial charge in [0.2, 0.25) is 0 Å². The molecule has 6 nitrogen and oxygen atoms in total. The first-order valence-electron chi connectivity index (χ1n) is 7.23. The monoisotopic (exact) mass is 281 g/mol. The van der Waals surface area contributed by atoms with Gasteiger partial charge in [-0.15, -0.1) is 0 Å². The van der Waals surface area contributed by atoms with E-state index in [1.807, 2.05) is 13.1 Å². The van der Waals surface area contributed by atoms with Gasteiger partial charge in [-0.25, -0.2) is 0 Å². The van der Waals surface area contributed by atoms with Crippen LogP contribution in [0, 0.1) is 0 Å². The average Bonchev–Trinajstić information content (AvgIpc) is 3.00. The molecule has 2 heterocycles. The maximum atomic E-state index is 11.7. The van der Waals surface area contributed by atoms with Gasteiger partial charge in [-0.3, -0.25) is 14.4 Å². The number of carbonyl (C=O) groups is 1. The highest BCUT2D eigenvalue weighted by Crippen LogP contribution is 2.35. The maximum absolute atomic E-state index is 11.7. The summed E-state index contributed by atoms with van der Waals surface area (Å²) in [6.07, 6.45) is 6.84. The molecule has 1 aromatic rings. The summed E-state index contributed by atoms with van der Waals surface area (Å²) >= 11 is 0. The molecule has 0 radical (unpaired) electrons. The average molecular weight is 281 g/mol. The summed E-state index contributed by atoms with van der Waals surface area (Å²) in [5.41, 5.74) is 0.287. The van der Waals surface area contributed by atoms with Gasteiger partial charge in [-0.2, -0.15) is 5.10 Å². The Morgan fingerprint density at radius 2 is 2.35 bits per heavy atom. The molecule has 6 heteroatoms. The normalized spacial score (nSPS) is 23.3. The second-order valence-electron chi connectivity index (χ2n) is 5.45. The van der Waals surface area contributed by atoms with Crippen LogP contribution in [-0.2, 0) is 17.9 Å². The molecule has 1 unspecified atom stereocenters. The van der Waals surface area contributed by atoms with Crippen LogP contribution < -0.4 is 0 Å². The summed E-state index contributed by atoms with van der Waals surface area (Å²) in [6, 6.07) is 0. The number of aliphatic hydroxyl groups excluding tert-OH is 1. The molecule has 1 aliphatic rings. The first-order chi connectivity index (χ1) is 9.62. The third-order valence-electron chi connectivity index (χ3n) is 4.07. The molecule has 1 aliphatic heterocycles. The molecule has 1 atom stereocenters. The van der Waals surface area contributed by atoms with Crippen LogP contribution in [-0.4, -0.2) is 49.6 Å². The molecule has 0 saturated carbocycles. The SMILES string of the molecule is CCCC1(C(=O)O)CCCN1Cc1cnn(CCO)c1. The number of carboxylic acids is 1. The molecule has 2 N–H and O–H groups in total. The zero-order valence-corrected chi connectivity index (χ0v) is 12.0. The highest BCUT2D eigenvalue weighted by molar-refractivity contribution is 5.79. The number of hydrogen-bond acceptors (Lipinski definition) is 4. The van der Waals surface area contributed by atoms with Gasteiger partial charge in [-0.1, -0.05) is 13.3 Å². The van der Waals surface area contributed by atoms with E-state index in [0.717, 1.165) is 31.4 Å². The van der Waals surface area contributed by atoms with Crippen molar-refractivity contribution in [3.05, 3.63) is 18.0 Å². The van der Waals surface area contributed by atoms with Gasteiger partial charge in [0.25, 0.3) is 0 Å². The van der Waals surface area contributed by atoms with Crippen molar-refractivity contribution in [1.29, 1.82) is 0 Å². The predicted molar refractivity (Wildman–Crippen MR) is 74.2 cm³/mol. The van der Waals surface area contributed by atoms with Crippen molar-refractivity contribution in [1.82, 2.24) is 14.7 Å². The molecule has 2 rings (SSSR count). The largest absolute Gasteiger partial charge is 0.480 e. The third kappa shape index (κ3) is 2.86. The van der Waals surface area contributed by atoms with E-state index in [1.54, 1.807) is 10.9 Å². The second-order valence-corrected chi connectivity index (χ2v) is 5.45. The van der Waals surface area contributed by atoms with E-state index in [1.165, 1.54) is 0 Å². The number of hydrogen-bond donors (Lipinski definition) is 2. The molecule has 112 valence electrons. The Balaban J connectivity index is 2.11. The Labute approximate surface area is 119 Å². The lowest BCUT2D eigenvalue weighted by Crippen LogP contribution is -2.49. The first kappa shape index (κ1) is 15.0. The summed E-state index contributed by atoms with van der Waals surface area (Å²) in [5, 5.41) is 22.7. The van der Waals surface area contributed by atoms with E-state index in [0.29, 0.717) is 19.5 Å². The van der Waals surface area contributed by atoms with Gasteiger partial charge < -0.3 is 10.2 Å². The van der Waals surface area contributed by atoms with Gasteiger partial charge >= 0.3 is 5.97 Å². The van der Waals surface area contributed by atoms with Crippen molar-refractivity contribution >= 4 is 5.97 Å². The molecular formula is C14H23N3O3. The second kappa shape index (κ2) is 6.37. The molecule has 20 heavy (non-hydrogen) atoms. The Hall–Kier alpha value is -1.40. The van der Waals surface area contributed by atoms with Crippen molar-refractivity contribution < 1.29 is 15.0 Å². The smallest absolute Gasteiger partial charge is 0.324 e. The maximum Gasteiger partial charge on any atom is 0.324 e. The number of nitrogens with zero attached hydrogens (tertiary/aromatic N) is 3. The molecule has 0 bridgehead atoms. The van der Waals surface area contributed by atoms with Crippen LogP contribution in [0.2, 0.25) is 0 Å². The molecule has 0 amide bonds. The molecule has 1 fully saturated rings. The summed E-state index contributed by atoms with van der Waals surface area (Å²) in [4.78, 5) is 13.8. The van der Waals surface area contributed by atoms with Crippen molar-refractivity contribution in [2.75, 3.05) is 13.2 Å². The minimum Gasteiger partial charge on any atom is -0.480 e. The first-order valence-corrected chi connectivity index (χ1v) is 7.23. The van der Waals surface area contributed by atoms with E-state index in [4.69, 9.17) is 5.11 Å². The van der Waals surface area contributed by atoms with Crippen molar-refractivity contribution in [2.45, 2.75) is 51.2 Å². The van der Waals surface area contributed by atoms with Crippen molar-refractivity contribution in [2.24, 2.45) is 0 Å². The van der Waals surface area contributed by atoms with Gasteiger partial charge in [0.1, 0.15) is 5.54 Å². The lowest BCUT2D eigenvalue weighted by atomic mass is 9.90. The van der Waals surface area contributed by atoms with Crippen LogP contribution in [0.3, 0.4) is 0 Å². The lowest BCUT2D eigenvalue weighted by molar-refractivity contribution is -0.150. The fraction of sp³-hybridized carbons (Fsp3) is 0.714. The standard InChI is InChI=1S/C14H23N3O3/c1-2-4-14(13(19)20)5-3-6-16(14)10-12-9-15-17(11-12)7-8-18/h9,11,18H,2-8,10H2,1H3,(H,19,20). The highest BCUT2D eigenvalue weighted by Gasteiger charge is 2.46. The number of carboxylic acid groups (broad SMARTS) is 1. The topological polar surface area (TPSA) is 78.6 Å².